The molecule has 0 saturated carbocycles. The van der Waals surface area contributed by atoms with Gasteiger partial charge in [-0.25, -0.2) is 4.79 Å². The van der Waals surface area contributed by atoms with E-state index in [-0.39, 0.29) is 11.9 Å². The van der Waals surface area contributed by atoms with Crippen LogP contribution in [0.5, 0.6) is 0 Å². The highest BCUT2D eigenvalue weighted by Crippen LogP contribution is 2.33. The van der Waals surface area contributed by atoms with E-state index in [0.29, 0.717) is 29.8 Å². The number of likely N-dealkylation sites (N-methyl/N-ethyl adjacent to an activating group) is 1. The van der Waals surface area contributed by atoms with E-state index >= 15 is 0 Å². The maximum Gasteiger partial charge on any atom is 0.341 e. The molecule has 0 atom stereocenters. The number of hydrogen-bond donors (Lipinski definition) is 1. The number of piperidine rings is 1. The SMILES string of the molecule is CCOC(=O)c1c(NC(=O)CN(C)C2CCN(C)CC2)sc(C)c1C. The van der Waals surface area contributed by atoms with Gasteiger partial charge in [-0.2, -0.15) is 0 Å². The second-order valence-corrected chi connectivity index (χ2v) is 7.93. The number of thiophene rings is 1. The number of carbonyl (C=O) groups is 2. The van der Waals surface area contributed by atoms with E-state index in [9.17, 15) is 9.59 Å². The normalized spacial score (nSPS) is 16.2. The van der Waals surface area contributed by atoms with Gasteiger partial charge in [0.15, 0.2) is 0 Å². The van der Waals surface area contributed by atoms with E-state index in [0.717, 1.165) is 36.4 Å². The fourth-order valence-corrected chi connectivity index (χ4v) is 4.19. The van der Waals surface area contributed by atoms with Gasteiger partial charge in [-0.1, -0.05) is 0 Å². The number of nitrogens with one attached hydrogen (secondary N) is 1. The lowest BCUT2D eigenvalue weighted by molar-refractivity contribution is -0.117. The van der Waals surface area contributed by atoms with E-state index in [2.05, 4.69) is 22.2 Å². The lowest BCUT2D eigenvalue weighted by Gasteiger charge is -2.34. The summed E-state index contributed by atoms with van der Waals surface area (Å²) < 4.78 is 5.13. The van der Waals surface area contributed by atoms with Gasteiger partial charge in [0.05, 0.1) is 18.7 Å². The van der Waals surface area contributed by atoms with Crippen molar-refractivity contribution in [3.63, 3.8) is 0 Å². The standard InChI is InChI=1S/C18H29N3O3S/c1-6-24-18(23)16-12(2)13(3)25-17(16)19-15(22)11-21(5)14-7-9-20(4)10-8-14/h14H,6-11H2,1-5H3,(H,19,22). The molecule has 0 aliphatic carbocycles. The van der Waals surface area contributed by atoms with Gasteiger partial charge in [-0.05, 0) is 66.4 Å². The molecular weight excluding hydrogens is 338 g/mol. The van der Waals surface area contributed by atoms with Gasteiger partial charge in [0.1, 0.15) is 5.00 Å². The van der Waals surface area contributed by atoms with Gasteiger partial charge in [-0.3, -0.25) is 9.69 Å². The molecule has 0 radical (unpaired) electrons. The van der Waals surface area contributed by atoms with Crippen LogP contribution in [0.15, 0.2) is 0 Å². The summed E-state index contributed by atoms with van der Waals surface area (Å²) in [6.45, 7) is 8.38. The minimum atomic E-state index is -0.372. The molecule has 6 nitrogen and oxygen atoms in total. The number of hydrogen-bond acceptors (Lipinski definition) is 6. The van der Waals surface area contributed by atoms with Crippen molar-refractivity contribution in [2.75, 3.05) is 45.7 Å². The van der Waals surface area contributed by atoms with Crippen LogP contribution < -0.4 is 5.32 Å². The van der Waals surface area contributed by atoms with Crippen LogP contribution in [0.1, 0.15) is 40.6 Å². The summed E-state index contributed by atoms with van der Waals surface area (Å²) in [6.07, 6.45) is 2.15. The lowest BCUT2D eigenvalue weighted by atomic mass is 10.0. The second-order valence-electron chi connectivity index (χ2n) is 6.71. The number of carbonyl (C=O) groups excluding carboxylic acids is 2. The Morgan fingerprint density at radius 2 is 1.96 bits per heavy atom. The van der Waals surface area contributed by atoms with E-state index in [4.69, 9.17) is 4.74 Å². The van der Waals surface area contributed by atoms with Crippen molar-refractivity contribution in [3.05, 3.63) is 16.0 Å². The summed E-state index contributed by atoms with van der Waals surface area (Å²) in [7, 11) is 4.12. The van der Waals surface area contributed by atoms with Crippen LogP contribution >= 0.6 is 11.3 Å². The first-order valence-corrected chi connectivity index (χ1v) is 9.60. The average Bonchev–Trinajstić information content (AvgIpc) is 2.82. The third kappa shape index (κ3) is 5.03. The topological polar surface area (TPSA) is 61.9 Å². The number of nitrogens with zero attached hydrogens (tertiary/aromatic N) is 2. The van der Waals surface area contributed by atoms with Gasteiger partial charge in [0.25, 0.3) is 0 Å². The Balaban J connectivity index is 2.00. The molecule has 2 rings (SSSR count). The molecule has 1 N–H and O–H groups in total. The van der Waals surface area contributed by atoms with Crippen LogP contribution in [-0.2, 0) is 9.53 Å². The Bertz CT molecular complexity index is 621. The van der Waals surface area contributed by atoms with Crippen LogP contribution in [0.25, 0.3) is 0 Å². The van der Waals surface area contributed by atoms with Crippen LogP contribution in [0.3, 0.4) is 0 Å². The number of esters is 1. The zero-order valence-corrected chi connectivity index (χ0v) is 16.7. The first-order valence-electron chi connectivity index (χ1n) is 8.79. The number of anilines is 1. The van der Waals surface area contributed by atoms with Crippen molar-refractivity contribution in [1.82, 2.24) is 9.80 Å². The summed E-state index contributed by atoms with van der Waals surface area (Å²) in [5, 5.41) is 3.51. The van der Waals surface area contributed by atoms with Gasteiger partial charge in [0.2, 0.25) is 5.91 Å². The maximum atomic E-state index is 12.5. The molecule has 0 aromatic carbocycles. The molecule has 2 heterocycles. The lowest BCUT2D eigenvalue weighted by Crippen LogP contribution is -2.44. The summed E-state index contributed by atoms with van der Waals surface area (Å²) in [4.78, 5) is 30.1. The zero-order valence-electron chi connectivity index (χ0n) is 15.8. The second kappa shape index (κ2) is 8.78. The third-order valence-corrected chi connectivity index (χ3v) is 5.94. The Kier molecular flexibility index (Phi) is 6.98. The molecule has 1 aromatic heterocycles. The molecule has 0 bridgehead atoms. The first-order chi connectivity index (χ1) is 11.8. The highest BCUT2D eigenvalue weighted by molar-refractivity contribution is 7.16. The summed E-state index contributed by atoms with van der Waals surface area (Å²) >= 11 is 1.43. The molecule has 0 unspecified atom stereocenters. The molecule has 1 aromatic rings. The van der Waals surface area contributed by atoms with Gasteiger partial charge < -0.3 is 15.0 Å². The molecular formula is C18H29N3O3S. The van der Waals surface area contributed by atoms with Crippen LogP contribution in [0, 0.1) is 13.8 Å². The van der Waals surface area contributed by atoms with Crippen molar-refractivity contribution < 1.29 is 14.3 Å². The molecule has 1 amide bonds. The van der Waals surface area contributed by atoms with Crippen molar-refractivity contribution in [2.45, 2.75) is 39.7 Å². The van der Waals surface area contributed by atoms with E-state index in [1.54, 1.807) is 6.92 Å². The van der Waals surface area contributed by atoms with Crippen molar-refractivity contribution in [2.24, 2.45) is 0 Å². The Hall–Kier alpha value is -1.44. The number of ether oxygens (including phenoxy) is 1. The predicted molar refractivity (Wildman–Crippen MR) is 102 cm³/mol. The quantitative estimate of drug-likeness (QED) is 0.783. The monoisotopic (exact) mass is 367 g/mol. The van der Waals surface area contributed by atoms with E-state index in [1.807, 2.05) is 20.9 Å². The van der Waals surface area contributed by atoms with Crippen LogP contribution in [0.4, 0.5) is 5.00 Å². The fraction of sp³-hybridized carbons (Fsp3) is 0.667. The predicted octanol–water partition coefficient (Wildman–Crippen LogP) is 2.51. The average molecular weight is 368 g/mol. The molecule has 0 spiro atoms. The Morgan fingerprint density at radius 3 is 2.56 bits per heavy atom. The first kappa shape index (κ1) is 19.9. The number of rotatable bonds is 6. The Labute approximate surface area is 154 Å². The molecule has 1 fully saturated rings. The largest absolute Gasteiger partial charge is 0.462 e. The zero-order chi connectivity index (χ0) is 18.6. The fourth-order valence-electron chi connectivity index (χ4n) is 3.12. The maximum absolute atomic E-state index is 12.5. The van der Waals surface area contributed by atoms with Crippen molar-refractivity contribution >= 4 is 28.2 Å². The van der Waals surface area contributed by atoms with Crippen LogP contribution in [-0.4, -0.2) is 68.1 Å². The van der Waals surface area contributed by atoms with Gasteiger partial charge in [0, 0.05) is 10.9 Å². The molecule has 25 heavy (non-hydrogen) atoms. The van der Waals surface area contributed by atoms with Gasteiger partial charge >= 0.3 is 5.97 Å². The summed E-state index contributed by atoms with van der Waals surface area (Å²) in [6, 6.07) is 0.429. The number of likely N-dealkylation sites (tertiary alicyclic amines) is 1. The van der Waals surface area contributed by atoms with E-state index < -0.39 is 0 Å². The van der Waals surface area contributed by atoms with E-state index in [1.165, 1.54) is 11.3 Å². The molecule has 7 heteroatoms. The third-order valence-electron chi connectivity index (χ3n) is 4.82. The van der Waals surface area contributed by atoms with Gasteiger partial charge in [-0.15, -0.1) is 11.3 Å². The molecule has 140 valence electrons. The summed E-state index contributed by atoms with van der Waals surface area (Å²) in [5.74, 6) is -0.462. The minimum Gasteiger partial charge on any atom is -0.462 e. The van der Waals surface area contributed by atoms with Crippen LogP contribution in [0.2, 0.25) is 0 Å². The summed E-state index contributed by atoms with van der Waals surface area (Å²) in [5.41, 5.74) is 1.36. The highest BCUT2D eigenvalue weighted by atomic mass is 32.1. The molecule has 1 aliphatic rings. The number of aryl methyl sites for hydroxylation is 1. The molecule has 1 saturated heterocycles. The minimum absolute atomic E-state index is 0.0896. The van der Waals surface area contributed by atoms with Crippen molar-refractivity contribution in [1.29, 1.82) is 0 Å². The number of amides is 1. The highest BCUT2D eigenvalue weighted by Gasteiger charge is 2.25. The molecule has 1 aliphatic heterocycles. The smallest absolute Gasteiger partial charge is 0.341 e. The van der Waals surface area contributed by atoms with Crippen molar-refractivity contribution in [3.8, 4) is 0 Å². The Morgan fingerprint density at radius 1 is 1.32 bits per heavy atom.